The summed E-state index contributed by atoms with van der Waals surface area (Å²) < 4.78 is 14.4. The number of halogens is 1. The van der Waals surface area contributed by atoms with Crippen LogP contribution in [0.2, 0.25) is 0 Å². The number of nitrogens with zero attached hydrogens (tertiary/aromatic N) is 1. The summed E-state index contributed by atoms with van der Waals surface area (Å²) in [6, 6.07) is 6.60. The van der Waals surface area contributed by atoms with Crippen molar-refractivity contribution in [2.45, 2.75) is 87.4 Å². The summed E-state index contributed by atoms with van der Waals surface area (Å²) in [5, 5.41) is 14.8. The SMILES string of the molecule is O=C(NC12CC3CC(CC(C3)C1)C2)N1C2CCC1CC(O)(c1ccccc1F)C2. The minimum atomic E-state index is -1.17. The maximum absolute atomic E-state index is 14.4. The standard InChI is InChI=1S/C24H31FN2O2/c25-21-4-2-1-3-20(21)24(29)13-18-5-6-19(14-24)27(18)22(28)26-23-10-15-7-16(11-23)9-17(8-15)12-23/h1-4,15-19,29H,5-14H2,(H,26,28). The topological polar surface area (TPSA) is 52.6 Å². The minimum absolute atomic E-state index is 0.00453. The third-order valence-electron chi connectivity index (χ3n) is 8.79. The van der Waals surface area contributed by atoms with E-state index in [2.05, 4.69) is 5.32 Å². The number of hydrogen-bond donors (Lipinski definition) is 2. The number of benzene rings is 1. The Morgan fingerprint density at radius 1 is 0.966 bits per heavy atom. The number of rotatable bonds is 2. The number of nitrogens with one attached hydrogen (secondary N) is 1. The van der Waals surface area contributed by atoms with Crippen molar-refractivity contribution >= 4 is 6.03 Å². The van der Waals surface area contributed by atoms with Crippen LogP contribution in [0.5, 0.6) is 0 Å². The molecule has 2 atom stereocenters. The van der Waals surface area contributed by atoms with Crippen molar-refractivity contribution in [1.29, 1.82) is 0 Å². The highest BCUT2D eigenvalue weighted by Gasteiger charge is 2.55. The van der Waals surface area contributed by atoms with Crippen LogP contribution in [0.1, 0.15) is 69.8 Å². The molecule has 5 heteroatoms. The molecule has 0 aromatic heterocycles. The molecule has 2 unspecified atom stereocenters. The highest BCUT2D eigenvalue weighted by Crippen LogP contribution is 2.56. The predicted molar refractivity (Wildman–Crippen MR) is 108 cm³/mol. The molecule has 4 nitrogen and oxygen atoms in total. The number of amides is 2. The average molecular weight is 399 g/mol. The number of hydrogen-bond acceptors (Lipinski definition) is 2. The number of piperidine rings is 1. The maximum Gasteiger partial charge on any atom is 0.318 e. The maximum atomic E-state index is 14.4. The Hall–Kier alpha value is -1.62. The smallest absolute Gasteiger partial charge is 0.318 e. The zero-order valence-electron chi connectivity index (χ0n) is 16.9. The van der Waals surface area contributed by atoms with Crippen molar-refractivity contribution in [3.63, 3.8) is 0 Å². The van der Waals surface area contributed by atoms with E-state index in [-0.39, 0.29) is 29.5 Å². The van der Waals surface area contributed by atoms with Gasteiger partial charge in [-0.2, -0.15) is 0 Å². The fourth-order valence-corrected chi connectivity index (χ4v) is 8.17. The van der Waals surface area contributed by atoms with Crippen molar-refractivity contribution in [1.82, 2.24) is 10.2 Å². The molecule has 156 valence electrons. The second kappa shape index (κ2) is 6.19. The van der Waals surface area contributed by atoms with Gasteiger partial charge in [-0.1, -0.05) is 18.2 Å². The van der Waals surface area contributed by atoms with Gasteiger partial charge in [0.1, 0.15) is 5.82 Å². The molecule has 7 rings (SSSR count). The van der Waals surface area contributed by atoms with Crippen molar-refractivity contribution in [2.75, 3.05) is 0 Å². The molecule has 0 radical (unpaired) electrons. The molecule has 2 heterocycles. The molecule has 2 N–H and O–H groups in total. The van der Waals surface area contributed by atoms with Crippen molar-refractivity contribution < 1.29 is 14.3 Å². The van der Waals surface area contributed by atoms with Gasteiger partial charge in [0.15, 0.2) is 0 Å². The first-order valence-electron chi connectivity index (χ1n) is 11.5. The summed E-state index contributed by atoms with van der Waals surface area (Å²) in [5.74, 6) is 2.04. The van der Waals surface area contributed by atoms with Crippen LogP contribution in [0.4, 0.5) is 9.18 Å². The third-order valence-corrected chi connectivity index (χ3v) is 8.79. The van der Waals surface area contributed by atoms with Gasteiger partial charge in [0.05, 0.1) is 5.60 Å². The molecule has 0 spiro atoms. The lowest BCUT2D eigenvalue weighted by Crippen LogP contribution is -2.64. The highest BCUT2D eigenvalue weighted by atomic mass is 19.1. The first-order chi connectivity index (χ1) is 13.9. The normalized spacial score (nSPS) is 44.9. The summed E-state index contributed by atoms with van der Waals surface area (Å²) in [6.45, 7) is 0. The summed E-state index contributed by atoms with van der Waals surface area (Å²) in [4.78, 5) is 15.4. The Bertz CT molecular complexity index is 791. The van der Waals surface area contributed by atoms with Gasteiger partial charge in [-0.25, -0.2) is 9.18 Å². The fourth-order valence-electron chi connectivity index (χ4n) is 8.17. The van der Waals surface area contributed by atoms with E-state index in [0.29, 0.717) is 18.4 Å². The van der Waals surface area contributed by atoms with E-state index in [0.717, 1.165) is 49.9 Å². The molecule has 2 saturated heterocycles. The summed E-state index contributed by atoms with van der Waals surface area (Å²) >= 11 is 0. The second-order valence-electron chi connectivity index (χ2n) is 10.8. The molecule has 2 amide bonds. The Morgan fingerprint density at radius 2 is 1.52 bits per heavy atom. The van der Waals surface area contributed by atoms with Gasteiger partial charge in [0.2, 0.25) is 0 Å². The van der Waals surface area contributed by atoms with Gasteiger partial charge in [0.25, 0.3) is 0 Å². The first kappa shape index (κ1) is 18.2. The molecule has 4 aliphatic carbocycles. The molecule has 1 aromatic rings. The van der Waals surface area contributed by atoms with Crippen LogP contribution in [-0.4, -0.2) is 33.7 Å². The van der Waals surface area contributed by atoms with Gasteiger partial charge in [0, 0.05) is 36.0 Å². The van der Waals surface area contributed by atoms with E-state index >= 15 is 0 Å². The van der Waals surface area contributed by atoms with Crippen molar-refractivity contribution in [2.24, 2.45) is 17.8 Å². The molecule has 6 fully saturated rings. The molecule has 2 aliphatic heterocycles. The van der Waals surface area contributed by atoms with Crippen molar-refractivity contribution in [3.8, 4) is 0 Å². The molecular weight excluding hydrogens is 367 g/mol. The Balaban J connectivity index is 1.21. The van der Waals surface area contributed by atoms with Crippen molar-refractivity contribution in [3.05, 3.63) is 35.6 Å². The molecule has 6 aliphatic rings. The van der Waals surface area contributed by atoms with E-state index in [1.54, 1.807) is 18.2 Å². The molecule has 29 heavy (non-hydrogen) atoms. The van der Waals surface area contributed by atoms with Gasteiger partial charge in [-0.15, -0.1) is 0 Å². The fraction of sp³-hybridized carbons (Fsp3) is 0.708. The predicted octanol–water partition coefficient (Wildman–Crippen LogP) is 4.32. The Labute approximate surface area is 171 Å². The quantitative estimate of drug-likeness (QED) is 0.780. The van der Waals surface area contributed by atoms with E-state index in [9.17, 15) is 14.3 Å². The Morgan fingerprint density at radius 3 is 2.07 bits per heavy atom. The van der Waals surface area contributed by atoms with Crippen LogP contribution in [0.3, 0.4) is 0 Å². The van der Waals surface area contributed by atoms with Gasteiger partial charge in [-0.05, 0) is 75.2 Å². The molecule has 4 saturated carbocycles. The summed E-state index contributed by atoms with van der Waals surface area (Å²) in [7, 11) is 0. The van der Waals surface area contributed by atoms with E-state index < -0.39 is 5.60 Å². The van der Waals surface area contributed by atoms with Crippen LogP contribution in [0.25, 0.3) is 0 Å². The summed E-state index contributed by atoms with van der Waals surface area (Å²) in [6.07, 6.45) is 10.2. The van der Waals surface area contributed by atoms with Gasteiger partial charge >= 0.3 is 6.03 Å². The van der Waals surface area contributed by atoms with Crippen LogP contribution in [0, 0.1) is 23.6 Å². The van der Waals surface area contributed by atoms with Crippen LogP contribution in [0.15, 0.2) is 24.3 Å². The largest absolute Gasteiger partial charge is 0.385 e. The average Bonchev–Trinajstić information content (AvgIpc) is 2.93. The lowest BCUT2D eigenvalue weighted by atomic mass is 9.53. The van der Waals surface area contributed by atoms with Crippen LogP contribution < -0.4 is 5.32 Å². The monoisotopic (exact) mass is 398 g/mol. The highest BCUT2D eigenvalue weighted by molar-refractivity contribution is 5.76. The Kier molecular flexibility index (Phi) is 3.88. The summed E-state index contributed by atoms with van der Waals surface area (Å²) in [5.41, 5.74) is -0.780. The van der Waals surface area contributed by atoms with E-state index in [1.165, 1.54) is 25.3 Å². The van der Waals surface area contributed by atoms with E-state index in [1.807, 2.05) is 4.90 Å². The number of fused-ring (bicyclic) bond motifs is 2. The van der Waals surface area contributed by atoms with E-state index in [4.69, 9.17) is 0 Å². The number of urea groups is 1. The zero-order valence-corrected chi connectivity index (χ0v) is 16.9. The second-order valence-corrected chi connectivity index (χ2v) is 10.8. The minimum Gasteiger partial charge on any atom is -0.385 e. The number of carbonyl (C=O) groups is 1. The number of aliphatic hydroxyl groups is 1. The molecule has 6 bridgehead atoms. The molecular formula is C24H31FN2O2. The first-order valence-corrected chi connectivity index (χ1v) is 11.5. The lowest BCUT2D eigenvalue weighted by Gasteiger charge is -2.57. The van der Waals surface area contributed by atoms with Crippen LogP contribution in [-0.2, 0) is 5.60 Å². The number of carbonyl (C=O) groups excluding carboxylic acids is 1. The third kappa shape index (κ3) is 2.83. The molecule has 1 aromatic carbocycles. The lowest BCUT2D eigenvalue weighted by molar-refractivity contribution is -0.0511. The zero-order chi connectivity index (χ0) is 19.8. The van der Waals surface area contributed by atoms with Gasteiger partial charge < -0.3 is 15.3 Å². The van der Waals surface area contributed by atoms with Gasteiger partial charge in [-0.3, -0.25) is 0 Å². The van der Waals surface area contributed by atoms with Crippen LogP contribution >= 0.6 is 0 Å².